The summed E-state index contributed by atoms with van der Waals surface area (Å²) in [5.41, 5.74) is 5.33. The number of hydrogen-bond acceptors (Lipinski definition) is 10. The molecule has 1 aromatic heterocycles. The van der Waals surface area contributed by atoms with Crippen LogP contribution in [-0.4, -0.2) is 40.7 Å². The molecule has 4 aromatic carbocycles. The molecule has 1 atom stereocenters. The highest BCUT2D eigenvalue weighted by molar-refractivity contribution is 8.00. The summed E-state index contributed by atoms with van der Waals surface area (Å²) in [5, 5.41) is 20.7. The summed E-state index contributed by atoms with van der Waals surface area (Å²) in [6.07, 6.45) is 3.01. The summed E-state index contributed by atoms with van der Waals surface area (Å²) in [5.74, 6) is 0.306. The average molecular weight is 736 g/mol. The minimum Gasteiger partial charge on any atom is -0.507 e. The number of anilines is 1. The van der Waals surface area contributed by atoms with Crippen molar-refractivity contribution < 1.29 is 28.9 Å². The molecule has 0 radical (unpaired) electrons. The van der Waals surface area contributed by atoms with Crippen molar-refractivity contribution in [2.45, 2.75) is 62.8 Å². The van der Waals surface area contributed by atoms with Crippen molar-refractivity contribution in [1.29, 1.82) is 0 Å². The number of nitrogens with zero attached hydrogens (tertiary/aromatic N) is 3. The fraction of sp³-hybridized carbons (Fsp3) is 0.268. The van der Waals surface area contributed by atoms with Crippen LogP contribution in [0.3, 0.4) is 0 Å². The molecule has 0 spiro atoms. The first-order valence-corrected chi connectivity index (χ1v) is 19.0. The molecule has 268 valence electrons. The second-order valence-electron chi connectivity index (χ2n) is 12.5. The maximum absolute atomic E-state index is 13.9. The van der Waals surface area contributed by atoms with E-state index in [2.05, 4.69) is 41.4 Å². The van der Waals surface area contributed by atoms with Crippen molar-refractivity contribution in [2.75, 3.05) is 18.6 Å². The Morgan fingerprint density at radius 2 is 1.67 bits per heavy atom. The number of hydrogen-bond donors (Lipinski definition) is 1. The van der Waals surface area contributed by atoms with Crippen LogP contribution in [0.5, 0.6) is 17.2 Å². The number of benzene rings is 4. The van der Waals surface area contributed by atoms with Crippen molar-refractivity contribution in [3.63, 3.8) is 0 Å². The number of ether oxygens (including phenoxy) is 3. The molecule has 2 heterocycles. The van der Waals surface area contributed by atoms with Crippen LogP contribution in [0.2, 0.25) is 0 Å². The van der Waals surface area contributed by atoms with Crippen molar-refractivity contribution >= 4 is 45.7 Å². The predicted octanol–water partition coefficient (Wildman–Crippen LogP) is 9.23. The van der Waals surface area contributed by atoms with Gasteiger partial charge in [0.2, 0.25) is 5.13 Å². The fourth-order valence-electron chi connectivity index (χ4n) is 5.84. The number of ketones is 1. The van der Waals surface area contributed by atoms with Crippen LogP contribution in [0.4, 0.5) is 5.13 Å². The molecule has 6 rings (SSSR count). The third-order valence-corrected chi connectivity index (χ3v) is 10.9. The van der Waals surface area contributed by atoms with E-state index in [-0.39, 0.29) is 16.5 Å². The first-order chi connectivity index (χ1) is 25.3. The molecule has 52 heavy (non-hydrogen) atoms. The normalized spacial score (nSPS) is 15.2. The zero-order chi connectivity index (χ0) is 36.6. The van der Waals surface area contributed by atoms with Gasteiger partial charge in [-0.15, -0.1) is 10.2 Å². The highest BCUT2D eigenvalue weighted by Crippen LogP contribution is 2.46. The van der Waals surface area contributed by atoms with Crippen molar-refractivity contribution in [2.24, 2.45) is 0 Å². The minimum atomic E-state index is -1.01. The number of carbonyl (C=O) groups excluding carboxylic acids is 2. The molecule has 0 saturated carbocycles. The van der Waals surface area contributed by atoms with E-state index in [0.29, 0.717) is 51.7 Å². The highest BCUT2D eigenvalue weighted by Gasteiger charge is 2.48. The van der Waals surface area contributed by atoms with Gasteiger partial charge in [-0.25, -0.2) is 0 Å². The fourth-order valence-corrected chi connectivity index (χ4v) is 7.66. The molecule has 1 aliphatic rings. The van der Waals surface area contributed by atoms with E-state index >= 15 is 0 Å². The summed E-state index contributed by atoms with van der Waals surface area (Å²) >= 11 is 2.72. The van der Waals surface area contributed by atoms with Gasteiger partial charge in [0, 0.05) is 11.3 Å². The standard InChI is InChI=1S/C41H41N3O6S2/c1-5-6-9-22-49-33-21-18-30(23-34(33)48-4)36-35(37(45)29-16-19-32(20-17-29)50-24-31-11-8-7-10-27(31)3)38(46)39(47)44(36)40-42-43-41(52-40)51-25-28-14-12-26(2)13-15-28/h7-8,10-21,23,36,45H,5-6,9,22,24-25H2,1-4H3. The number of methoxy groups -OCH3 is 1. The monoisotopic (exact) mass is 735 g/mol. The van der Waals surface area contributed by atoms with Gasteiger partial charge in [0.25, 0.3) is 5.78 Å². The summed E-state index contributed by atoms with van der Waals surface area (Å²) in [6, 6.07) is 27.3. The van der Waals surface area contributed by atoms with E-state index in [1.807, 2.05) is 38.1 Å². The molecule has 0 aliphatic carbocycles. The van der Waals surface area contributed by atoms with Gasteiger partial charge in [-0.05, 0) is 78.9 Å². The van der Waals surface area contributed by atoms with E-state index in [0.717, 1.165) is 36.0 Å². The van der Waals surface area contributed by atoms with Gasteiger partial charge in [0.15, 0.2) is 15.8 Å². The number of aryl methyl sites for hydroxylation is 2. The van der Waals surface area contributed by atoms with Gasteiger partial charge in [-0.3, -0.25) is 14.5 Å². The van der Waals surface area contributed by atoms with Gasteiger partial charge in [0.1, 0.15) is 18.1 Å². The first kappa shape index (κ1) is 36.7. The molecule has 5 aromatic rings. The highest BCUT2D eigenvalue weighted by atomic mass is 32.2. The Balaban J connectivity index is 1.33. The Morgan fingerprint density at radius 3 is 2.40 bits per heavy atom. The van der Waals surface area contributed by atoms with Crippen molar-refractivity contribution in [3.8, 4) is 17.2 Å². The Hall–Kier alpha value is -5.13. The van der Waals surface area contributed by atoms with Crippen LogP contribution in [0, 0.1) is 13.8 Å². The van der Waals surface area contributed by atoms with Crippen LogP contribution < -0.4 is 19.1 Å². The maximum Gasteiger partial charge on any atom is 0.301 e. The number of aromatic nitrogens is 2. The summed E-state index contributed by atoms with van der Waals surface area (Å²) in [4.78, 5) is 29.1. The lowest BCUT2D eigenvalue weighted by molar-refractivity contribution is -0.132. The first-order valence-electron chi connectivity index (χ1n) is 17.2. The minimum absolute atomic E-state index is 0.0682. The van der Waals surface area contributed by atoms with Gasteiger partial charge in [-0.1, -0.05) is 103 Å². The van der Waals surface area contributed by atoms with E-state index in [9.17, 15) is 14.7 Å². The Kier molecular flexibility index (Phi) is 11.9. The number of aliphatic hydroxyl groups is 1. The smallest absolute Gasteiger partial charge is 0.301 e. The number of thioether (sulfide) groups is 1. The number of rotatable bonds is 15. The summed E-state index contributed by atoms with van der Waals surface area (Å²) in [7, 11) is 1.54. The Morgan fingerprint density at radius 1 is 0.904 bits per heavy atom. The van der Waals surface area contributed by atoms with Crippen LogP contribution in [0.15, 0.2) is 101 Å². The number of aliphatic hydroxyl groups excluding tert-OH is 1. The largest absolute Gasteiger partial charge is 0.507 e. The Bertz CT molecular complexity index is 2060. The molecule has 1 unspecified atom stereocenters. The number of Topliss-reactive ketones (excluding diaryl/α,β-unsaturated/α-hetero) is 1. The van der Waals surface area contributed by atoms with Crippen LogP contribution in [-0.2, 0) is 21.9 Å². The second-order valence-corrected chi connectivity index (χ2v) is 14.7. The molecule has 11 heteroatoms. The van der Waals surface area contributed by atoms with Crippen LogP contribution in [0.1, 0.15) is 65.6 Å². The number of carbonyl (C=O) groups is 2. The van der Waals surface area contributed by atoms with E-state index in [4.69, 9.17) is 14.2 Å². The maximum atomic E-state index is 13.9. The van der Waals surface area contributed by atoms with E-state index < -0.39 is 17.7 Å². The molecule has 1 amide bonds. The molecule has 0 bridgehead atoms. The molecule has 1 saturated heterocycles. The Labute approximate surface area is 312 Å². The van der Waals surface area contributed by atoms with Crippen LogP contribution >= 0.6 is 23.1 Å². The zero-order valence-electron chi connectivity index (χ0n) is 29.6. The third kappa shape index (κ3) is 8.32. The molecule has 1 N–H and O–H groups in total. The molecule has 9 nitrogen and oxygen atoms in total. The summed E-state index contributed by atoms with van der Waals surface area (Å²) < 4.78 is 18.4. The molecular formula is C41H41N3O6S2. The molecule has 1 aliphatic heterocycles. The van der Waals surface area contributed by atoms with E-state index in [1.165, 1.54) is 33.6 Å². The zero-order valence-corrected chi connectivity index (χ0v) is 31.3. The van der Waals surface area contributed by atoms with Crippen LogP contribution in [0.25, 0.3) is 5.76 Å². The summed E-state index contributed by atoms with van der Waals surface area (Å²) in [6.45, 7) is 7.11. The van der Waals surface area contributed by atoms with Gasteiger partial charge < -0.3 is 19.3 Å². The molecule has 1 fully saturated rings. The SMILES string of the molecule is CCCCCOc1ccc(C2C(=C(O)c3ccc(OCc4ccccc4C)cc3)C(=O)C(=O)N2c2nnc(SCc3ccc(C)cc3)s2)cc1OC. The molecular weight excluding hydrogens is 695 g/mol. The lowest BCUT2D eigenvalue weighted by Gasteiger charge is -2.23. The van der Waals surface area contributed by atoms with Gasteiger partial charge in [0.05, 0.1) is 25.3 Å². The van der Waals surface area contributed by atoms with Crippen molar-refractivity contribution in [3.05, 3.63) is 130 Å². The topological polar surface area (TPSA) is 111 Å². The number of amides is 1. The number of unbranched alkanes of at least 4 members (excludes halogenated alkanes) is 2. The second kappa shape index (κ2) is 16.9. The average Bonchev–Trinajstić information content (AvgIpc) is 3.74. The van der Waals surface area contributed by atoms with Crippen molar-refractivity contribution in [1.82, 2.24) is 10.2 Å². The third-order valence-electron chi connectivity index (χ3n) is 8.82. The lowest BCUT2D eigenvalue weighted by Crippen LogP contribution is -2.29. The lowest BCUT2D eigenvalue weighted by atomic mass is 9.95. The predicted molar refractivity (Wildman–Crippen MR) is 205 cm³/mol. The van der Waals surface area contributed by atoms with E-state index in [1.54, 1.807) is 49.6 Å². The quantitative estimate of drug-likeness (QED) is 0.0281. The van der Waals surface area contributed by atoms with Gasteiger partial charge in [-0.2, -0.15) is 0 Å². The van der Waals surface area contributed by atoms with Gasteiger partial charge >= 0.3 is 5.91 Å².